The van der Waals surface area contributed by atoms with Gasteiger partial charge in [0.2, 0.25) is 0 Å². The van der Waals surface area contributed by atoms with Crippen molar-refractivity contribution in [2.24, 2.45) is 0 Å². The minimum Gasteiger partial charge on any atom is -0.373 e. The van der Waals surface area contributed by atoms with Crippen molar-refractivity contribution in [3.63, 3.8) is 0 Å². The van der Waals surface area contributed by atoms with Crippen LogP contribution in [0.15, 0.2) is 18.5 Å². The van der Waals surface area contributed by atoms with Gasteiger partial charge < -0.3 is 10.1 Å². The Bertz CT molecular complexity index is 617. The summed E-state index contributed by atoms with van der Waals surface area (Å²) in [6.45, 7) is 4.84. The maximum atomic E-state index is 6.04. The predicted octanol–water partition coefficient (Wildman–Crippen LogP) is 2.66. The van der Waals surface area contributed by atoms with Gasteiger partial charge in [0.05, 0.1) is 18.2 Å². The molecule has 6 heteroatoms. The van der Waals surface area contributed by atoms with Crippen LogP contribution in [0.25, 0.3) is 10.8 Å². The van der Waals surface area contributed by atoms with Crippen LogP contribution in [0.1, 0.15) is 20.3 Å². The number of fused-ring (bicyclic) bond motifs is 1. The van der Waals surface area contributed by atoms with Crippen LogP contribution < -0.4 is 5.32 Å². The van der Waals surface area contributed by atoms with Crippen LogP contribution in [0.2, 0.25) is 5.15 Å². The number of nitrogens with zero attached hydrogens (tertiary/aromatic N) is 3. The van der Waals surface area contributed by atoms with Crippen molar-refractivity contribution < 1.29 is 4.74 Å². The summed E-state index contributed by atoms with van der Waals surface area (Å²) in [5.74, 6) is 0.707. The molecule has 0 amide bonds. The van der Waals surface area contributed by atoms with E-state index in [-0.39, 0.29) is 11.6 Å². The molecule has 5 nitrogen and oxygen atoms in total. The number of ether oxygens (including phenoxy) is 1. The average Bonchev–Trinajstić information content (AvgIpc) is 2.73. The van der Waals surface area contributed by atoms with Crippen LogP contribution in [0.4, 0.5) is 5.82 Å². The van der Waals surface area contributed by atoms with E-state index in [9.17, 15) is 0 Å². The first kappa shape index (κ1) is 12.6. The van der Waals surface area contributed by atoms with Crippen molar-refractivity contribution in [3.05, 3.63) is 23.6 Å². The van der Waals surface area contributed by atoms with Crippen LogP contribution in [0.5, 0.6) is 0 Å². The summed E-state index contributed by atoms with van der Waals surface area (Å²) in [6.07, 6.45) is 4.37. The first-order valence-electron chi connectivity index (χ1n) is 6.21. The summed E-state index contributed by atoms with van der Waals surface area (Å²) in [4.78, 5) is 4.12. The molecule has 0 spiro atoms. The highest BCUT2D eigenvalue weighted by molar-refractivity contribution is 6.34. The second-order valence-corrected chi connectivity index (χ2v) is 5.73. The van der Waals surface area contributed by atoms with E-state index >= 15 is 0 Å². The van der Waals surface area contributed by atoms with Crippen molar-refractivity contribution in [2.45, 2.75) is 31.9 Å². The van der Waals surface area contributed by atoms with Gasteiger partial charge in [-0.2, -0.15) is 0 Å². The van der Waals surface area contributed by atoms with Gasteiger partial charge in [-0.3, -0.25) is 4.98 Å². The Hall–Kier alpha value is -1.46. The predicted molar refractivity (Wildman–Crippen MR) is 74.4 cm³/mol. The first-order valence-corrected chi connectivity index (χ1v) is 6.59. The lowest BCUT2D eigenvalue weighted by atomic mass is 10.0. The zero-order valence-corrected chi connectivity index (χ0v) is 11.6. The Morgan fingerprint density at radius 3 is 2.95 bits per heavy atom. The highest BCUT2D eigenvalue weighted by Crippen LogP contribution is 2.29. The molecule has 0 aliphatic carbocycles. The molecule has 100 valence electrons. The normalized spacial score (nSPS) is 21.7. The number of hydrogen-bond acceptors (Lipinski definition) is 5. The molecule has 1 atom stereocenters. The van der Waals surface area contributed by atoms with Gasteiger partial charge in [-0.15, -0.1) is 10.2 Å². The van der Waals surface area contributed by atoms with Crippen LogP contribution in [0.3, 0.4) is 0 Å². The highest BCUT2D eigenvalue weighted by Gasteiger charge is 2.32. The van der Waals surface area contributed by atoms with E-state index in [2.05, 4.69) is 34.3 Å². The molecule has 2 aromatic heterocycles. The summed E-state index contributed by atoms with van der Waals surface area (Å²) < 4.78 is 5.71. The minimum absolute atomic E-state index is 0.0917. The third kappa shape index (κ3) is 2.48. The van der Waals surface area contributed by atoms with Gasteiger partial charge in [-0.05, 0) is 26.3 Å². The lowest BCUT2D eigenvalue weighted by molar-refractivity contribution is 0.0363. The molecule has 1 saturated heterocycles. The third-order valence-electron chi connectivity index (χ3n) is 3.29. The summed E-state index contributed by atoms with van der Waals surface area (Å²) in [7, 11) is 0. The summed E-state index contributed by atoms with van der Waals surface area (Å²) >= 11 is 6.04. The SMILES string of the molecule is CC1(C)C[C@@H](Nc2nnc(Cl)c3ccncc23)CO1. The topological polar surface area (TPSA) is 59.9 Å². The van der Waals surface area contributed by atoms with Gasteiger partial charge >= 0.3 is 0 Å². The molecule has 0 aromatic carbocycles. The molecule has 1 aliphatic heterocycles. The lowest BCUT2D eigenvalue weighted by Crippen LogP contribution is -2.23. The number of aromatic nitrogens is 3. The van der Waals surface area contributed by atoms with Crippen LogP contribution in [-0.4, -0.2) is 33.4 Å². The lowest BCUT2D eigenvalue weighted by Gasteiger charge is -2.16. The van der Waals surface area contributed by atoms with E-state index in [0.29, 0.717) is 17.6 Å². The van der Waals surface area contributed by atoms with E-state index in [4.69, 9.17) is 16.3 Å². The summed E-state index contributed by atoms with van der Waals surface area (Å²) in [5.41, 5.74) is -0.0917. The number of halogens is 1. The second-order valence-electron chi connectivity index (χ2n) is 5.38. The maximum absolute atomic E-state index is 6.04. The maximum Gasteiger partial charge on any atom is 0.159 e. The van der Waals surface area contributed by atoms with Crippen molar-refractivity contribution in [1.29, 1.82) is 0 Å². The van der Waals surface area contributed by atoms with Gasteiger partial charge in [0.25, 0.3) is 0 Å². The van der Waals surface area contributed by atoms with E-state index in [1.807, 2.05) is 6.07 Å². The van der Waals surface area contributed by atoms with E-state index < -0.39 is 0 Å². The smallest absolute Gasteiger partial charge is 0.159 e. The van der Waals surface area contributed by atoms with Crippen LogP contribution >= 0.6 is 11.6 Å². The number of anilines is 1. The molecule has 2 aromatic rings. The van der Waals surface area contributed by atoms with Gasteiger partial charge in [-0.1, -0.05) is 11.6 Å². The molecule has 1 aliphatic rings. The highest BCUT2D eigenvalue weighted by atomic mass is 35.5. The zero-order valence-electron chi connectivity index (χ0n) is 10.9. The van der Waals surface area contributed by atoms with E-state index in [1.54, 1.807) is 12.4 Å². The van der Waals surface area contributed by atoms with Crippen LogP contribution in [0, 0.1) is 0 Å². The minimum atomic E-state index is -0.0917. The third-order valence-corrected chi connectivity index (χ3v) is 3.57. The van der Waals surface area contributed by atoms with Gasteiger partial charge in [0, 0.05) is 23.2 Å². The number of nitrogens with one attached hydrogen (secondary N) is 1. The van der Waals surface area contributed by atoms with Crippen LogP contribution in [-0.2, 0) is 4.74 Å². The van der Waals surface area contributed by atoms with Gasteiger partial charge in [0.15, 0.2) is 11.0 Å². The Morgan fingerprint density at radius 2 is 2.21 bits per heavy atom. The van der Waals surface area contributed by atoms with Gasteiger partial charge in [-0.25, -0.2) is 0 Å². The molecule has 1 fully saturated rings. The first-order chi connectivity index (χ1) is 9.05. The summed E-state index contributed by atoms with van der Waals surface area (Å²) in [6, 6.07) is 2.07. The molecule has 0 unspecified atom stereocenters. The molecule has 0 saturated carbocycles. The molecule has 19 heavy (non-hydrogen) atoms. The average molecular weight is 279 g/mol. The monoisotopic (exact) mass is 278 g/mol. The van der Waals surface area contributed by atoms with Crippen molar-refractivity contribution in [1.82, 2.24) is 15.2 Å². The molecule has 0 bridgehead atoms. The molecule has 0 radical (unpaired) electrons. The van der Waals surface area contributed by atoms with Crippen molar-refractivity contribution in [2.75, 3.05) is 11.9 Å². The molecule has 3 rings (SSSR count). The Balaban J connectivity index is 1.92. The molecular formula is C13H15ClN4O. The summed E-state index contributed by atoms with van der Waals surface area (Å²) in [5, 5.41) is 13.6. The quantitative estimate of drug-likeness (QED) is 0.915. The fourth-order valence-electron chi connectivity index (χ4n) is 2.39. The Labute approximate surface area is 116 Å². The van der Waals surface area contributed by atoms with Crippen molar-refractivity contribution >= 4 is 28.2 Å². The van der Waals surface area contributed by atoms with Gasteiger partial charge in [0.1, 0.15) is 0 Å². The fraction of sp³-hybridized carbons (Fsp3) is 0.462. The largest absolute Gasteiger partial charge is 0.373 e. The standard InChI is InChI=1S/C13H15ClN4O/c1-13(2)5-8(7-19-13)16-12-10-6-15-4-3-9(10)11(14)17-18-12/h3-4,6,8H,5,7H2,1-2H3,(H,16,18)/t8-/m1/s1. The molecular weight excluding hydrogens is 264 g/mol. The fourth-order valence-corrected chi connectivity index (χ4v) is 2.60. The number of hydrogen-bond donors (Lipinski definition) is 1. The van der Waals surface area contributed by atoms with E-state index in [0.717, 1.165) is 17.2 Å². The zero-order chi connectivity index (χ0) is 13.5. The number of pyridine rings is 1. The second kappa shape index (κ2) is 4.58. The van der Waals surface area contributed by atoms with Crippen molar-refractivity contribution in [3.8, 4) is 0 Å². The number of rotatable bonds is 2. The Morgan fingerprint density at radius 1 is 1.37 bits per heavy atom. The Kier molecular flexibility index (Phi) is 3.03. The molecule has 1 N–H and O–H groups in total. The van der Waals surface area contributed by atoms with E-state index in [1.165, 1.54) is 0 Å². The molecule has 3 heterocycles.